The summed E-state index contributed by atoms with van der Waals surface area (Å²) in [4.78, 5) is 2.55. The van der Waals surface area contributed by atoms with Crippen molar-refractivity contribution < 1.29 is 31.1 Å². The fourth-order valence-electron chi connectivity index (χ4n) is 6.27. The molecule has 1 aromatic heterocycles. The van der Waals surface area contributed by atoms with Crippen molar-refractivity contribution in [3.8, 4) is 23.7 Å². The largest absolute Gasteiger partial charge is 0.477 e. The van der Waals surface area contributed by atoms with Gasteiger partial charge in [0.2, 0.25) is 0 Å². The van der Waals surface area contributed by atoms with E-state index < -0.39 is 22.6 Å². The first-order valence-corrected chi connectivity index (χ1v) is 17.1. The van der Waals surface area contributed by atoms with Crippen LogP contribution in [0.15, 0.2) is 47.4 Å². The molecule has 246 valence electrons. The van der Waals surface area contributed by atoms with Crippen LogP contribution in [-0.2, 0) is 21.1 Å². The molecule has 9 nitrogen and oxygen atoms in total. The van der Waals surface area contributed by atoms with Crippen molar-refractivity contribution in [1.82, 2.24) is 9.47 Å². The molecule has 2 N–H and O–H groups in total. The minimum absolute atomic E-state index is 0.0255. The molecule has 1 saturated heterocycles. The number of nitriles is 1. The molecule has 0 atom stereocenters. The number of nitrogens with zero attached hydrogens (tertiary/aromatic N) is 3. The van der Waals surface area contributed by atoms with Gasteiger partial charge in [0, 0.05) is 48.1 Å². The Bertz CT molecular complexity index is 1760. The maximum Gasteiger partial charge on any atom is 0.406 e. The summed E-state index contributed by atoms with van der Waals surface area (Å²) in [6, 6.07) is 13.3. The Morgan fingerprint density at radius 3 is 2.52 bits per heavy atom. The number of anilines is 2. The standard InChI is InChI=1S/C33H38F3N5O4S/c1-32(40-16-19-44-20-17-40)12-10-24(11-13-32)39-28-6-3-7-30-27(28)21-25(41(30)23-33(34,35)36)5-4-15-38-29-9-8-26(46(2,42)43)22-31(29)45-18-14-37/h3,6-9,21-22,24,38-39H,10-13,15-20,23H2,1-2H3. The molecular formula is C33H38F3N5O4S. The average molecular weight is 658 g/mol. The van der Waals surface area contributed by atoms with Crippen LogP contribution in [0.25, 0.3) is 10.9 Å². The van der Waals surface area contributed by atoms with Gasteiger partial charge in [0.05, 0.1) is 41.6 Å². The lowest BCUT2D eigenvalue weighted by Crippen LogP contribution is -2.54. The Kier molecular flexibility index (Phi) is 10.1. The molecule has 0 bridgehead atoms. The van der Waals surface area contributed by atoms with E-state index in [2.05, 4.69) is 34.3 Å². The summed E-state index contributed by atoms with van der Waals surface area (Å²) in [6.07, 6.45) is 0.576. The third-order valence-corrected chi connectivity index (χ3v) is 9.85. The molecule has 0 amide bonds. The molecular weight excluding hydrogens is 619 g/mol. The van der Waals surface area contributed by atoms with E-state index in [0.717, 1.165) is 63.9 Å². The highest BCUT2D eigenvalue weighted by molar-refractivity contribution is 7.90. The maximum absolute atomic E-state index is 13.7. The first kappa shape index (κ1) is 33.5. The minimum atomic E-state index is -4.45. The van der Waals surface area contributed by atoms with Crippen molar-refractivity contribution in [2.45, 2.75) is 61.8 Å². The van der Waals surface area contributed by atoms with Crippen molar-refractivity contribution in [3.63, 3.8) is 0 Å². The molecule has 46 heavy (non-hydrogen) atoms. The topological polar surface area (TPSA) is 109 Å². The highest BCUT2D eigenvalue weighted by Crippen LogP contribution is 2.37. The zero-order chi connectivity index (χ0) is 33.0. The van der Waals surface area contributed by atoms with Gasteiger partial charge in [-0.3, -0.25) is 4.90 Å². The van der Waals surface area contributed by atoms with Gasteiger partial charge in [0.15, 0.2) is 16.4 Å². The fraction of sp³-hybridized carbons (Fsp3) is 0.485. The number of sulfone groups is 1. The fourth-order valence-corrected chi connectivity index (χ4v) is 6.91. The van der Waals surface area contributed by atoms with Gasteiger partial charge in [0.1, 0.15) is 18.4 Å². The summed E-state index contributed by atoms with van der Waals surface area (Å²) in [5.74, 6) is 5.93. The summed E-state index contributed by atoms with van der Waals surface area (Å²) in [5.41, 5.74) is 1.97. The monoisotopic (exact) mass is 657 g/mol. The summed E-state index contributed by atoms with van der Waals surface area (Å²) in [6.45, 7) is 4.25. The second kappa shape index (κ2) is 13.8. The van der Waals surface area contributed by atoms with E-state index in [1.165, 1.54) is 22.8 Å². The number of aromatic nitrogens is 1. The third-order valence-electron chi connectivity index (χ3n) is 8.74. The van der Waals surface area contributed by atoms with Crippen molar-refractivity contribution in [3.05, 3.63) is 48.2 Å². The molecule has 2 aliphatic rings. The third kappa shape index (κ3) is 8.08. The lowest BCUT2D eigenvalue weighted by atomic mass is 9.79. The Balaban J connectivity index is 1.34. The number of nitrogens with one attached hydrogen (secondary N) is 2. The van der Waals surface area contributed by atoms with Gasteiger partial charge in [0.25, 0.3) is 0 Å². The zero-order valence-corrected chi connectivity index (χ0v) is 26.7. The zero-order valence-electron chi connectivity index (χ0n) is 25.9. The molecule has 0 spiro atoms. The molecule has 0 radical (unpaired) electrons. The summed E-state index contributed by atoms with van der Waals surface area (Å²) in [5, 5.41) is 16.2. The second-order valence-electron chi connectivity index (χ2n) is 12.0. The second-order valence-corrected chi connectivity index (χ2v) is 14.0. The van der Waals surface area contributed by atoms with Crippen LogP contribution in [0.3, 0.4) is 0 Å². The van der Waals surface area contributed by atoms with Crippen LogP contribution in [0.2, 0.25) is 0 Å². The number of alkyl halides is 3. The van der Waals surface area contributed by atoms with Crippen molar-refractivity contribution in [2.24, 2.45) is 0 Å². The van der Waals surface area contributed by atoms with Gasteiger partial charge in [-0.25, -0.2) is 8.42 Å². The first-order valence-electron chi connectivity index (χ1n) is 15.2. The van der Waals surface area contributed by atoms with Crippen molar-refractivity contribution in [2.75, 3.05) is 56.3 Å². The van der Waals surface area contributed by atoms with E-state index in [0.29, 0.717) is 16.6 Å². The highest BCUT2D eigenvalue weighted by Gasteiger charge is 2.37. The number of ether oxygens (including phenoxy) is 2. The molecule has 3 aromatic rings. The number of hydrogen-bond acceptors (Lipinski definition) is 8. The number of fused-ring (bicyclic) bond motifs is 1. The quantitative estimate of drug-likeness (QED) is 0.294. The molecule has 1 aliphatic carbocycles. The first-order chi connectivity index (χ1) is 21.9. The molecule has 2 fully saturated rings. The maximum atomic E-state index is 13.7. The Morgan fingerprint density at radius 1 is 1.11 bits per heavy atom. The number of rotatable bonds is 9. The summed E-state index contributed by atoms with van der Waals surface area (Å²) < 4.78 is 77.2. The lowest BCUT2D eigenvalue weighted by molar-refractivity contribution is -0.140. The predicted molar refractivity (Wildman–Crippen MR) is 171 cm³/mol. The van der Waals surface area contributed by atoms with Crippen molar-refractivity contribution in [1.29, 1.82) is 5.26 Å². The van der Waals surface area contributed by atoms with Crippen LogP contribution in [0.4, 0.5) is 24.5 Å². The molecule has 1 saturated carbocycles. The van der Waals surface area contributed by atoms with Crippen LogP contribution in [0.1, 0.15) is 38.3 Å². The Morgan fingerprint density at radius 2 is 1.85 bits per heavy atom. The van der Waals surface area contributed by atoms with Gasteiger partial charge in [-0.2, -0.15) is 18.4 Å². The Hall–Kier alpha value is -3.91. The van der Waals surface area contributed by atoms with Crippen molar-refractivity contribution >= 4 is 32.1 Å². The molecule has 1 aliphatic heterocycles. The van der Waals surface area contributed by atoms with Crippen LogP contribution in [0.5, 0.6) is 5.75 Å². The van der Waals surface area contributed by atoms with E-state index in [1.54, 1.807) is 18.2 Å². The van der Waals surface area contributed by atoms with Gasteiger partial charge in [-0.05, 0) is 68.9 Å². The van der Waals surface area contributed by atoms with Crippen LogP contribution in [0, 0.1) is 23.2 Å². The smallest absolute Gasteiger partial charge is 0.406 e. The normalized spacial score (nSPS) is 20.8. The van der Waals surface area contributed by atoms with Crippen LogP contribution < -0.4 is 15.4 Å². The number of hydrogen-bond donors (Lipinski definition) is 2. The van der Waals surface area contributed by atoms with Gasteiger partial charge in [-0.15, -0.1) is 0 Å². The Labute approximate surface area is 267 Å². The predicted octanol–water partition coefficient (Wildman–Crippen LogP) is 5.42. The van der Waals surface area contributed by atoms with E-state index in [9.17, 15) is 21.6 Å². The summed E-state index contributed by atoms with van der Waals surface area (Å²) >= 11 is 0. The van der Waals surface area contributed by atoms with Crippen LogP contribution >= 0.6 is 0 Å². The summed E-state index contributed by atoms with van der Waals surface area (Å²) in [7, 11) is -3.51. The van der Waals surface area contributed by atoms with E-state index >= 15 is 0 Å². The lowest BCUT2D eigenvalue weighted by Gasteiger charge is -2.47. The molecule has 5 rings (SSSR count). The minimum Gasteiger partial charge on any atom is -0.477 e. The molecule has 13 heteroatoms. The SMILES string of the molecule is CC1(N2CCOCC2)CCC(Nc2cccc3c2cc(C#CCNc2ccc(S(C)(=O)=O)cc2OCC#N)n3CC(F)(F)F)CC1. The molecule has 2 aromatic carbocycles. The van der Waals surface area contributed by atoms with E-state index in [-0.39, 0.29) is 41.1 Å². The average Bonchev–Trinajstić information content (AvgIpc) is 3.36. The number of benzene rings is 2. The number of morpholine rings is 1. The van der Waals surface area contributed by atoms with Gasteiger partial charge < -0.3 is 24.7 Å². The van der Waals surface area contributed by atoms with Gasteiger partial charge >= 0.3 is 6.18 Å². The molecule has 2 heterocycles. The van der Waals surface area contributed by atoms with Gasteiger partial charge in [-0.1, -0.05) is 12.0 Å². The highest BCUT2D eigenvalue weighted by atomic mass is 32.2. The van der Waals surface area contributed by atoms with E-state index in [1.807, 2.05) is 12.1 Å². The van der Waals surface area contributed by atoms with E-state index in [4.69, 9.17) is 14.7 Å². The molecule has 0 unspecified atom stereocenters. The number of halogens is 3. The van der Waals surface area contributed by atoms with Crippen LogP contribution in [-0.4, -0.2) is 81.4 Å².